The van der Waals surface area contributed by atoms with Crippen LogP contribution in [0.1, 0.15) is 13.3 Å². The van der Waals surface area contributed by atoms with Crippen molar-refractivity contribution in [1.29, 1.82) is 0 Å². The summed E-state index contributed by atoms with van der Waals surface area (Å²) in [5, 5.41) is 1.78. The van der Waals surface area contributed by atoms with E-state index >= 15 is 0 Å². The first-order valence-corrected chi connectivity index (χ1v) is 2.68. The second-order valence-electron chi connectivity index (χ2n) is 2.08. The van der Waals surface area contributed by atoms with Gasteiger partial charge in [-0.15, -0.1) is 0 Å². The van der Waals surface area contributed by atoms with Crippen LogP contribution in [0.4, 0.5) is 0 Å². The van der Waals surface area contributed by atoms with Gasteiger partial charge in [0.2, 0.25) is 0 Å². The van der Waals surface area contributed by atoms with Crippen LogP contribution in [0, 0.1) is 5.92 Å². The maximum absolute atomic E-state index is 10.5. The molecule has 0 bridgehead atoms. The van der Waals surface area contributed by atoms with Crippen LogP contribution in [-0.2, 0) is 4.79 Å². The number of rotatable bonds is 0. The van der Waals surface area contributed by atoms with Crippen LogP contribution in [0.15, 0.2) is 0 Å². The number of hydrogen-bond acceptors (Lipinski definition) is 1. The molecule has 0 saturated carbocycles. The molecule has 1 aliphatic heterocycles. The molecular formula is C5H10NO+. The quantitative estimate of drug-likeness (QED) is 0.421. The fraction of sp³-hybridized carbons (Fsp3) is 0.800. The molecule has 40 valence electrons. The topological polar surface area (TPSA) is 33.7 Å². The number of nitrogens with two attached hydrogens (primary N) is 1. The fourth-order valence-corrected chi connectivity index (χ4v) is 0.819. The minimum Gasteiger partial charge on any atom is -0.283 e. The van der Waals surface area contributed by atoms with Gasteiger partial charge in [0, 0.05) is 6.42 Å². The second kappa shape index (κ2) is 1.62. The lowest BCUT2D eigenvalue weighted by Crippen LogP contribution is -2.85. The molecular weight excluding hydrogens is 90.1 g/mol. The van der Waals surface area contributed by atoms with Crippen molar-refractivity contribution in [2.45, 2.75) is 13.3 Å². The Morgan fingerprint density at radius 2 is 2.57 bits per heavy atom. The summed E-state index contributed by atoms with van der Waals surface area (Å²) in [4.78, 5) is 10.5. The average molecular weight is 100 g/mol. The van der Waals surface area contributed by atoms with Crippen molar-refractivity contribution in [3.05, 3.63) is 0 Å². The van der Waals surface area contributed by atoms with Gasteiger partial charge < -0.3 is 0 Å². The third-order valence-electron chi connectivity index (χ3n) is 1.43. The van der Waals surface area contributed by atoms with Crippen LogP contribution < -0.4 is 5.32 Å². The van der Waals surface area contributed by atoms with Crippen molar-refractivity contribution in [2.24, 2.45) is 5.92 Å². The zero-order valence-electron chi connectivity index (χ0n) is 4.48. The van der Waals surface area contributed by atoms with Crippen molar-refractivity contribution < 1.29 is 10.1 Å². The highest BCUT2D eigenvalue weighted by Gasteiger charge is 2.23. The number of hydrogen-bond donors (Lipinski definition) is 1. The molecule has 0 aliphatic carbocycles. The van der Waals surface area contributed by atoms with Gasteiger partial charge in [0.1, 0.15) is 0 Å². The predicted octanol–water partition coefficient (Wildman–Crippen LogP) is -0.884. The zero-order chi connectivity index (χ0) is 5.28. The van der Waals surface area contributed by atoms with Gasteiger partial charge in [-0.25, -0.2) is 4.79 Å². The molecule has 1 amide bonds. The summed E-state index contributed by atoms with van der Waals surface area (Å²) in [5.74, 6) is 0.653. The molecule has 1 aliphatic rings. The average Bonchev–Trinajstić information content (AvgIpc) is 1.91. The van der Waals surface area contributed by atoms with Crippen molar-refractivity contribution in [2.75, 3.05) is 6.54 Å². The zero-order valence-corrected chi connectivity index (χ0v) is 4.48. The summed E-state index contributed by atoms with van der Waals surface area (Å²) in [6.07, 6.45) is 1.07. The molecule has 7 heavy (non-hydrogen) atoms. The van der Waals surface area contributed by atoms with Crippen LogP contribution in [0.25, 0.3) is 0 Å². The van der Waals surface area contributed by atoms with Crippen LogP contribution in [0.3, 0.4) is 0 Å². The van der Waals surface area contributed by atoms with Gasteiger partial charge in [-0.05, 0) is 6.92 Å². The summed E-state index contributed by atoms with van der Waals surface area (Å²) >= 11 is 0. The first kappa shape index (κ1) is 4.78. The van der Waals surface area contributed by atoms with E-state index in [0.29, 0.717) is 11.8 Å². The highest BCUT2D eigenvalue weighted by Crippen LogP contribution is 1.99. The Morgan fingerprint density at radius 1 is 1.86 bits per heavy atom. The number of primary amides is 1. The van der Waals surface area contributed by atoms with E-state index in [1.165, 1.54) is 0 Å². The highest BCUT2D eigenvalue weighted by molar-refractivity contribution is 5.69. The van der Waals surface area contributed by atoms with Gasteiger partial charge >= 0.3 is 5.91 Å². The largest absolute Gasteiger partial charge is 0.313 e. The number of carbonyl (C=O) groups excluding carboxylic acids is 1. The van der Waals surface area contributed by atoms with Gasteiger partial charge in [-0.3, -0.25) is 5.32 Å². The maximum Gasteiger partial charge on any atom is 0.313 e. The van der Waals surface area contributed by atoms with Crippen molar-refractivity contribution in [1.82, 2.24) is 0 Å². The van der Waals surface area contributed by atoms with Gasteiger partial charge in [0.25, 0.3) is 0 Å². The lowest BCUT2D eigenvalue weighted by Gasteiger charge is -1.84. The Hall–Kier alpha value is -0.370. The molecule has 0 aromatic carbocycles. The molecule has 2 N–H and O–H groups in total. The molecule has 1 unspecified atom stereocenters. The van der Waals surface area contributed by atoms with E-state index in [-0.39, 0.29) is 0 Å². The molecule has 1 heterocycles. The van der Waals surface area contributed by atoms with Crippen molar-refractivity contribution in [3.63, 3.8) is 0 Å². The Balaban J connectivity index is 2.48. The van der Waals surface area contributed by atoms with E-state index in [4.69, 9.17) is 0 Å². The Bertz CT molecular complexity index is 90.1. The first-order chi connectivity index (χ1) is 3.30. The smallest absolute Gasteiger partial charge is 0.283 e. The third-order valence-corrected chi connectivity index (χ3v) is 1.43. The molecule has 1 saturated heterocycles. The molecule has 0 spiro atoms. The van der Waals surface area contributed by atoms with Crippen LogP contribution in [-0.4, -0.2) is 12.5 Å². The van der Waals surface area contributed by atoms with Crippen LogP contribution >= 0.6 is 0 Å². The van der Waals surface area contributed by atoms with Gasteiger partial charge in [-0.1, -0.05) is 0 Å². The van der Waals surface area contributed by atoms with E-state index in [1.54, 1.807) is 5.32 Å². The summed E-state index contributed by atoms with van der Waals surface area (Å²) in [6.45, 7) is 2.98. The standard InChI is InChI=1S/C5H9NO/c1-4-2-3-6-5(4)7/h4H,2-3H2,1H3,(H,6,7)/p+1. The highest BCUT2D eigenvalue weighted by atomic mass is 16.2. The minimum absolute atomic E-state index is 0.319. The summed E-state index contributed by atoms with van der Waals surface area (Å²) in [5.41, 5.74) is 0. The van der Waals surface area contributed by atoms with Crippen molar-refractivity contribution >= 4 is 5.91 Å². The Labute approximate surface area is 42.9 Å². The molecule has 1 rings (SSSR count). The van der Waals surface area contributed by atoms with E-state index in [2.05, 4.69) is 0 Å². The summed E-state index contributed by atoms with van der Waals surface area (Å²) in [7, 11) is 0. The molecule has 0 radical (unpaired) electrons. The number of quaternary nitrogens is 1. The van der Waals surface area contributed by atoms with E-state index in [1.807, 2.05) is 6.92 Å². The van der Waals surface area contributed by atoms with Gasteiger partial charge in [0.15, 0.2) is 0 Å². The van der Waals surface area contributed by atoms with E-state index in [9.17, 15) is 4.79 Å². The lowest BCUT2D eigenvalue weighted by atomic mass is 10.1. The normalized spacial score (nSPS) is 31.6. The monoisotopic (exact) mass is 100 g/mol. The van der Waals surface area contributed by atoms with E-state index < -0.39 is 0 Å². The lowest BCUT2D eigenvalue weighted by molar-refractivity contribution is -0.555. The Kier molecular flexibility index (Phi) is 1.11. The molecule has 1 fully saturated rings. The molecule has 0 aromatic heterocycles. The first-order valence-electron chi connectivity index (χ1n) is 2.68. The second-order valence-corrected chi connectivity index (χ2v) is 2.08. The van der Waals surface area contributed by atoms with E-state index in [0.717, 1.165) is 13.0 Å². The number of carbonyl (C=O) groups is 1. The fourth-order valence-electron chi connectivity index (χ4n) is 0.819. The van der Waals surface area contributed by atoms with Gasteiger partial charge in [-0.2, -0.15) is 0 Å². The number of amides is 1. The van der Waals surface area contributed by atoms with Crippen LogP contribution in [0.2, 0.25) is 0 Å². The SMILES string of the molecule is CC1CC[NH2+]C1=O. The van der Waals surface area contributed by atoms with Gasteiger partial charge in [0.05, 0.1) is 12.5 Å². The predicted molar refractivity (Wildman–Crippen MR) is 25.6 cm³/mol. The van der Waals surface area contributed by atoms with Crippen LogP contribution in [0.5, 0.6) is 0 Å². The third kappa shape index (κ3) is 0.800. The maximum atomic E-state index is 10.5. The Morgan fingerprint density at radius 3 is 2.71 bits per heavy atom. The van der Waals surface area contributed by atoms with Crippen molar-refractivity contribution in [3.8, 4) is 0 Å². The molecule has 1 atom stereocenters. The molecule has 0 aromatic rings. The molecule has 2 heteroatoms. The summed E-state index contributed by atoms with van der Waals surface area (Å²) in [6, 6.07) is 0. The molecule has 2 nitrogen and oxygen atoms in total. The summed E-state index contributed by atoms with van der Waals surface area (Å²) < 4.78 is 0. The minimum atomic E-state index is 0.319.